The molecule has 0 unspecified atom stereocenters. The standard InChI is InChI=1S/C20H25N5O2/c1-14-10-15(2)25(22-14)12-16-4-3-5-17(11-16)20(27)24-9-8-23-7-6-21-19(26)18(23)13-24/h3-5,10-11,18H,6-9,12-13H2,1-2H3,(H,21,26)/t18-/m1/s1. The molecule has 0 radical (unpaired) electrons. The molecule has 0 aliphatic carbocycles. The van der Waals surface area contributed by atoms with Crippen molar-refractivity contribution in [1.29, 1.82) is 0 Å². The molecule has 1 aromatic heterocycles. The molecule has 3 heterocycles. The van der Waals surface area contributed by atoms with Gasteiger partial charge in [0.25, 0.3) is 5.91 Å². The zero-order valence-electron chi connectivity index (χ0n) is 15.8. The molecule has 2 aliphatic rings. The molecule has 7 heteroatoms. The molecular weight excluding hydrogens is 342 g/mol. The van der Waals surface area contributed by atoms with Gasteiger partial charge in [-0.15, -0.1) is 0 Å². The Hall–Kier alpha value is -2.67. The van der Waals surface area contributed by atoms with E-state index in [1.807, 2.05) is 48.9 Å². The van der Waals surface area contributed by atoms with Crippen LogP contribution in [0.3, 0.4) is 0 Å². The van der Waals surface area contributed by atoms with E-state index in [0.29, 0.717) is 31.7 Å². The predicted molar refractivity (Wildman–Crippen MR) is 102 cm³/mol. The van der Waals surface area contributed by atoms with Gasteiger partial charge in [-0.25, -0.2) is 0 Å². The van der Waals surface area contributed by atoms with Crippen molar-refractivity contribution in [3.8, 4) is 0 Å². The van der Waals surface area contributed by atoms with E-state index in [-0.39, 0.29) is 17.9 Å². The monoisotopic (exact) mass is 367 g/mol. The number of hydrogen-bond acceptors (Lipinski definition) is 4. The van der Waals surface area contributed by atoms with Gasteiger partial charge in [-0.2, -0.15) is 5.10 Å². The van der Waals surface area contributed by atoms with Crippen molar-refractivity contribution < 1.29 is 9.59 Å². The van der Waals surface area contributed by atoms with E-state index in [2.05, 4.69) is 15.3 Å². The minimum absolute atomic E-state index is 0.0109. The number of nitrogens with zero attached hydrogens (tertiary/aromatic N) is 4. The highest BCUT2D eigenvalue weighted by atomic mass is 16.2. The molecular formula is C20H25N5O2. The van der Waals surface area contributed by atoms with E-state index in [0.717, 1.165) is 30.0 Å². The van der Waals surface area contributed by atoms with Crippen LogP contribution in [-0.2, 0) is 11.3 Å². The van der Waals surface area contributed by atoms with Crippen molar-refractivity contribution in [2.45, 2.75) is 26.4 Å². The van der Waals surface area contributed by atoms with Crippen molar-refractivity contribution in [2.24, 2.45) is 0 Å². The van der Waals surface area contributed by atoms with E-state index in [1.54, 1.807) is 4.90 Å². The van der Waals surface area contributed by atoms with Gasteiger partial charge in [-0.05, 0) is 37.6 Å². The molecule has 2 amide bonds. The number of amides is 2. The van der Waals surface area contributed by atoms with Gasteiger partial charge in [0.05, 0.1) is 12.2 Å². The maximum atomic E-state index is 13.0. The summed E-state index contributed by atoms with van der Waals surface area (Å²) in [6, 6.07) is 9.53. The average Bonchev–Trinajstić information content (AvgIpc) is 2.98. The Morgan fingerprint density at radius 3 is 2.85 bits per heavy atom. The summed E-state index contributed by atoms with van der Waals surface area (Å²) in [5.41, 5.74) is 3.80. The lowest BCUT2D eigenvalue weighted by Gasteiger charge is -2.43. The van der Waals surface area contributed by atoms with Gasteiger partial charge in [0.2, 0.25) is 5.91 Å². The summed E-state index contributed by atoms with van der Waals surface area (Å²) in [5.74, 6) is 0.0141. The summed E-state index contributed by atoms with van der Waals surface area (Å²) in [4.78, 5) is 29.1. The lowest BCUT2D eigenvalue weighted by molar-refractivity contribution is -0.131. The quantitative estimate of drug-likeness (QED) is 0.871. The smallest absolute Gasteiger partial charge is 0.253 e. The number of hydrogen-bond donors (Lipinski definition) is 1. The van der Waals surface area contributed by atoms with Crippen LogP contribution in [-0.4, -0.2) is 70.2 Å². The average molecular weight is 367 g/mol. The highest BCUT2D eigenvalue weighted by molar-refractivity contribution is 5.95. The van der Waals surface area contributed by atoms with Gasteiger partial charge in [0.15, 0.2) is 0 Å². The number of piperazine rings is 2. The molecule has 1 N–H and O–H groups in total. The van der Waals surface area contributed by atoms with Crippen molar-refractivity contribution in [3.05, 3.63) is 52.8 Å². The van der Waals surface area contributed by atoms with Gasteiger partial charge >= 0.3 is 0 Å². The molecule has 2 saturated heterocycles. The second-order valence-corrected chi connectivity index (χ2v) is 7.38. The molecule has 27 heavy (non-hydrogen) atoms. The van der Waals surface area contributed by atoms with Crippen LogP contribution in [0.5, 0.6) is 0 Å². The third-order valence-electron chi connectivity index (χ3n) is 5.39. The first-order valence-electron chi connectivity index (χ1n) is 9.42. The van der Waals surface area contributed by atoms with Crippen LogP contribution >= 0.6 is 0 Å². The van der Waals surface area contributed by atoms with E-state index >= 15 is 0 Å². The number of carbonyl (C=O) groups excluding carboxylic acids is 2. The summed E-state index contributed by atoms with van der Waals surface area (Å²) in [5, 5.41) is 7.39. The van der Waals surface area contributed by atoms with E-state index in [4.69, 9.17) is 0 Å². The Kier molecular flexibility index (Phi) is 4.70. The number of nitrogens with one attached hydrogen (secondary N) is 1. The van der Waals surface area contributed by atoms with Gasteiger partial charge in [0, 0.05) is 44.0 Å². The van der Waals surface area contributed by atoms with Gasteiger partial charge in [-0.3, -0.25) is 19.2 Å². The largest absolute Gasteiger partial charge is 0.353 e. The summed E-state index contributed by atoms with van der Waals surface area (Å²) < 4.78 is 1.95. The molecule has 142 valence electrons. The Labute approximate surface area is 158 Å². The van der Waals surface area contributed by atoms with Crippen LogP contribution in [0.1, 0.15) is 27.3 Å². The summed E-state index contributed by atoms with van der Waals surface area (Å²) in [6.45, 7) is 8.05. The topological polar surface area (TPSA) is 70.5 Å². The van der Waals surface area contributed by atoms with Crippen molar-refractivity contribution >= 4 is 11.8 Å². The summed E-state index contributed by atoms with van der Waals surface area (Å²) in [7, 11) is 0. The van der Waals surface area contributed by atoms with Crippen LogP contribution in [0.15, 0.2) is 30.3 Å². The molecule has 2 fully saturated rings. The number of aromatic nitrogens is 2. The summed E-state index contributed by atoms with van der Waals surface area (Å²) >= 11 is 0. The second kappa shape index (κ2) is 7.15. The lowest BCUT2D eigenvalue weighted by Crippen LogP contribution is -2.64. The molecule has 2 aliphatic heterocycles. The Balaban J connectivity index is 1.49. The second-order valence-electron chi connectivity index (χ2n) is 7.38. The third kappa shape index (κ3) is 3.60. The van der Waals surface area contributed by atoms with Crippen LogP contribution < -0.4 is 5.32 Å². The number of benzene rings is 1. The number of rotatable bonds is 3. The highest BCUT2D eigenvalue weighted by Crippen LogP contribution is 2.17. The van der Waals surface area contributed by atoms with Crippen LogP contribution in [0.25, 0.3) is 0 Å². The number of fused-ring (bicyclic) bond motifs is 1. The molecule has 1 atom stereocenters. The van der Waals surface area contributed by atoms with Crippen molar-refractivity contribution in [1.82, 2.24) is 24.9 Å². The normalized spacial score (nSPS) is 20.3. The molecule has 0 spiro atoms. The van der Waals surface area contributed by atoms with E-state index in [9.17, 15) is 9.59 Å². The Bertz CT molecular complexity index is 875. The first-order chi connectivity index (χ1) is 13.0. The number of aryl methyl sites for hydroxylation is 2. The zero-order valence-corrected chi connectivity index (χ0v) is 15.8. The minimum Gasteiger partial charge on any atom is -0.353 e. The maximum Gasteiger partial charge on any atom is 0.253 e. The van der Waals surface area contributed by atoms with Gasteiger partial charge in [0.1, 0.15) is 6.04 Å². The first kappa shape index (κ1) is 17.7. The molecule has 2 aromatic rings. The van der Waals surface area contributed by atoms with Crippen LogP contribution in [0, 0.1) is 13.8 Å². The zero-order chi connectivity index (χ0) is 19.0. The maximum absolute atomic E-state index is 13.0. The number of carbonyl (C=O) groups is 2. The lowest BCUT2D eigenvalue weighted by atomic mass is 10.1. The summed E-state index contributed by atoms with van der Waals surface area (Å²) in [6.07, 6.45) is 0. The van der Waals surface area contributed by atoms with Crippen LogP contribution in [0.2, 0.25) is 0 Å². The molecule has 0 bridgehead atoms. The fourth-order valence-corrected chi connectivity index (χ4v) is 3.96. The highest BCUT2D eigenvalue weighted by Gasteiger charge is 2.36. The SMILES string of the molecule is Cc1cc(C)n(Cc2cccc(C(=O)N3CCN4CCNC(=O)[C@H]4C3)c2)n1. The first-order valence-corrected chi connectivity index (χ1v) is 9.42. The molecule has 4 rings (SSSR count). The molecule has 7 nitrogen and oxygen atoms in total. The van der Waals surface area contributed by atoms with E-state index < -0.39 is 0 Å². The van der Waals surface area contributed by atoms with Crippen LogP contribution in [0.4, 0.5) is 0 Å². The Morgan fingerprint density at radius 2 is 2.07 bits per heavy atom. The van der Waals surface area contributed by atoms with E-state index in [1.165, 1.54) is 0 Å². The minimum atomic E-state index is -0.227. The fourth-order valence-electron chi connectivity index (χ4n) is 3.96. The van der Waals surface area contributed by atoms with Gasteiger partial charge < -0.3 is 10.2 Å². The van der Waals surface area contributed by atoms with Crippen molar-refractivity contribution in [2.75, 3.05) is 32.7 Å². The predicted octanol–water partition coefficient (Wildman–Crippen LogP) is 0.804. The van der Waals surface area contributed by atoms with Gasteiger partial charge in [-0.1, -0.05) is 12.1 Å². The van der Waals surface area contributed by atoms with Crippen molar-refractivity contribution in [3.63, 3.8) is 0 Å². The molecule has 0 saturated carbocycles. The fraction of sp³-hybridized carbons (Fsp3) is 0.450. The molecule has 1 aromatic carbocycles. The third-order valence-corrected chi connectivity index (χ3v) is 5.39. The Morgan fingerprint density at radius 1 is 1.22 bits per heavy atom.